The summed E-state index contributed by atoms with van der Waals surface area (Å²) < 4.78 is 0. The molecule has 0 heterocycles. The second kappa shape index (κ2) is 3.32. The molecule has 1 nitrogen and oxygen atoms in total. The van der Waals surface area contributed by atoms with Crippen LogP contribution in [0.4, 0.5) is 0 Å². The van der Waals surface area contributed by atoms with Gasteiger partial charge in [0.1, 0.15) is 0 Å². The lowest BCUT2D eigenvalue weighted by atomic mass is 10.0. The van der Waals surface area contributed by atoms with E-state index in [9.17, 15) is 0 Å². The number of benzene rings is 2. The number of hydrogen-bond acceptors (Lipinski definition) is 1. The van der Waals surface area contributed by atoms with Gasteiger partial charge in [-0.25, -0.2) is 0 Å². The zero-order valence-electron chi connectivity index (χ0n) is 7.71. The summed E-state index contributed by atoms with van der Waals surface area (Å²) in [7, 11) is 0. The maximum Gasteiger partial charge on any atom is 0.0998 e. The van der Waals surface area contributed by atoms with Gasteiger partial charge in [-0.1, -0.05) is 29.8 Å². The standard InChI is InChI=1S/C12H8ClN/c1-8-11(13)6-5-9-3-2-4-10(7-14)12(8)9/h2-6H,1H3. The molecule has 0 bridgehead atoms. The Morgan fingerprint density at radius 3 is 2.71 bits per heavy atom. The molecule has 0 saturated carbocycles. The SMILES string of the molecule is Cc1c(Cl)ccc2cccc(C#N)c12. The fourth-order valence-corrected chi connectivity index (χ4v) is 1.79. The predicted octanol–water partition coefficient (Wildman–Crippen LogP) is 3.67. The molecule has 0 saturated heterocycles. The second-order valence-corrected chi connectivity index (χ2v) is 3.60. The average Bonchev–Trinajstić information content (AvgIpc) is 2.23. The van der Waals surface area contributed by atoms with E-state index in [4.69, 9.17) is 16.9 Å². The lowest BCUT2D eigenvalue weighted by molar-refractivity contribution is 1.47. The highest BCUT2D eigenvalue weighted by Crippen LogP contribution is 2.27. The average molecular weight is 202 g/mol. The Labute approximate surface area is 87.5 Å². The molecular formula is C12H8ClN. The third kappa shape index (κ3) is 1.25. The number of aryl methyl sites for hydroxylation is 1. The summed E-state index contributed by atoms with van der Waals surface area (Å²) in [5.41, 5.74) is 1.66. The monoisotopic (exact) mass is 201 g/mol. The minimum atomic E-state index is 0.683. The number of nitriles is 1. The van der Waals surface area contributed by atoms with Crippen molar-refractivity contribution >= 4 is 22.4 Å². The van der Waals surface area contributed by atoms with E-state index in [2.05, 4.69) is 6.07 Å². The van der Waals surface area contributed by atoms with Crippen molar-refractivity contribution < 1.29 is 0 Å². The van der Waals surface area contributed by atoms with Gasteiger partial charge < -0.3 is 0 Å². The fourth-order valence-electron chi connectivity index (χ4n) is 1.63. The fraction of sp³-hybridized carbons (Fsp3) is 0.0833. The summed E-state index contributed by atoms with van der Waals surface area (Å²) in [5, 5.41) is 11.7. The quantitative estimate of drug-likeness (QED) is 0.638. The maximum atomic E-state index is 8.96. The first-order chi connectivity index (χ1) is 6.74. The first-order valence-electron chi connectivity index (χ1n) is 4.32. The van der Waals surface area contributed by atoms with Gasteiger partial charge in [-0.2, -0.15) is 5.26 Å². The van der Waals surface area contributed by atoms with Gasteiger partial charge in [0.05, 0.1) is 11.6 Å². The molecule has 0 spiro atoms. The van der Waals surface area contributed by atoms with E-state index in [0.717, 1.165) is 16.3 Å². The van der Waals surface area contributed by atoms with Gasteiger partial charge in [0.25, 0.3) is 0 Å². The Morgan fingerprint density at radius 1 is 1.21 bits per heavy atom. The van der Waals surface area contributed by atoms with E-state index >= 15 is 0 Å². The van der Waals surface area contributed by atoms with Crippen molar-refractivity contribution in [1.29, 1.82) is 5.26 Å². The first kappa shape index (κ1) is 9.05. The van der Waals surface area contributed by atoms with E-state index < -0.39 is 0 Å². The van der Waals surface area contributed by atoms with Crippen molar-refractivity contribution in [3.63, 3.8) is 0 Å². The lowest BCUT2D eigenvalue weighted by Gasteiger charge is -2.05. The van der Waals surface area contributed by atoms with Crippen LogP contribution >= 0.6 is 11.6 Å². The highest BCUT2D eigenvalue weighted by atomic mass is 35.5. The lowest BCUT2D eigenvalue weighted by Crippen LogP contribution is -1.84. The van der Waals surface area contributed by atoms with Crippen LogP contribution in [0.3, 0.4) is 0 Å². The van der Waals surface area contributed by atoms with Crippen LogP contribution in [0.15, 0.2) is 30.3 Å². The van der Waals surface area contributed by atoms with Gasteiger partial charge >= 0.3 is 0 Å². The number of rotatable bonds is 0. The maximum absolute atomic E-state index is 8.96. The summed E-state index contributed by atoms with van der Waals surface area (Å²) >= 11 is 6.01. The van der Waals surface area contributed by atoms with Crippen LogP contribution in [-0.4, -0.2) is 0 Å². The number of hydrogen-bond donors (Lipinski definition) is 0. The van der Waals surface area contributed by atoms with Gasteiger partial charge in [0.2, 0.25) is 0 Å². The van der Waals surface area contributed by atoms with Gasteiger partial charge in [-0.15, -0.1) is 0 Å². The Kier molecular flexibility index (Phi) is 2.15. The predicted molar refractivity (Wildman–Crippen MR) is 58.4 cm³/mol. The van der Waals surface area contributed by atoms with Crippen molar-refractivity contribution in [2.75, 3.05) is 0 Å². The van der Waals surface area contributed by atoms with Crippen molar-refractivity contribution in [3.05, 3.63) is 46.5 Å². The molecule has 14 heavy (non-hydrogen) atoms. The van der Waals surface area contributed by atoms with E-state index in [1.165, 1.54) is 0 Å². The van der Waals surface area contributed by atoms with Crippen LogP contribution in [0.5, 0.6) is 0 Å². The Morgan fingerprint density at radius 2 is 2.00 bits per heavy atom. The largest absolute Gasteiger partial charge is 0.192 e. The normalized spacial score (nSPS) is 10.1. The van der Waals surface area contributed by atoms with E-state index in [1.807, 2.05) is 37.3 Å². The molecule has 2 aromatic carbocycles. The molecule has 68 valence electrons. The first-order valence-corrected chi connectivity index (χ1v) is 4.70. The topological polar surface area (TPSA) is 23.8 Å². The molecular weight excluding hydrogens is 194 g/mol. The van der Waals surface area contributed by atoms with Crippen molar-refractivity contribution in [2.24, 2.45) is 0 Å². The van der Waals surface area contributed by atoms with Crippen molar-refractivity contribution in [3.8, 4) is 6.07 Å². The number of halogens is 1. The third-order valence-corrected chi connectivity index (χ3v) is 2.77. The second-order valence-electron chi connectivity index (χ2n) is 3.19. The smallest absolute Gasteiger partial charge is 0.0998 e. The van der Waals surface area contributed by atoms with Gasteiger partial charge in [0, 0.05) is 10.4 Å². The number of fused-ring (bicyclic) bond motifs is 1. The van der Waals surface area contributed by atoms with Crippen molar-refractivity contribution in [2.45, 2.75) is 6.92 Å². The van der Waals surface area contributed by atoms with Crippen LogP contribution in [0, 0.1) is 18.3 Å². The summed E-state index contributed by atoms with van der Waals surface area (Å²) in [6, 6.07) is 11.7. The molecule has 0 aromatic heterocycles. The molecule has 0 unspecified atom stereocenters. The molecule has 0 atom stereocenters. The molecule has 0 radical (unpaired) electrons. The minimum absolute atomic E-state index is 0.683. The van der Waals surface area contributed by atoms with Crippen LogP contribution in [0.1, 0.15) is 11.1 Å². The van der Waals surface area contributed by atoms with Crippen LogP contribution in [0.25, 0.3) is 10.8 Å². The molecule has 2 rings (SSSR count). The molecule has 2 heteroatoms. The molecule has 0 amide bonds. The van der Waals surface area contributed by atoms with Crippen LogP contribution < -0.4 is 0 Å². The zero-order chi connectivity index (χ0) is 10.1. The van der Waals surface area contributed by atoms with E-state index in [1.54, 1.807) is 0 Å². The summed E-state index contributed by atoms with van der Waals surface area (Å²) in [6.45, 7) is 1.94. The molecule has 0 aliphatic carbocycles. The van der Waals surface area contributed by atoms with Crippen molar-refractivity contribution in [1.82, 2.24) is 0 Å². The van der Waals surface area contributed by atoms with Crippen LogP contribution in [-0.2, 0) is 0 Å². The Hall–Kier alpha value is -1.52. The van der Waals surface area contributed by atoms with Gasteiger partial charge in [-0.05, 0) is 30.0 Å². The molecule has 0 aliphatic heterocycles. The molecule has 0 fully saturated rings. The van der Waals surface area contributed by atoms with Gasteiger partial charge in [-0.3, -0.25) is 0 Å². The van der Waals surface area contributed by atoms with Crippen LogP contribution in [0.2, 0.25) is 5.02 Å². The Balaban J connectivity index is 2.99. The summed E-state index contributed by atoms with van der Waals surface area (Å²) in [4.78, 5) is 0. The highest BCUT2D eigenvalue weighted by molar-refractivity contribution is 6.32. The molecule has 2 aromatic rings. The number of nitrogens with zero attached hydrogens (tertiary/aromatic N) is 1. The molecule has 0 N–H and O–H groups in total. The minimum Gasteiger partial charge on any atom is -0.192 e. The Bertz CT molecular complexity index is 538. The molecule has 0 aliphatic rings. The summed E-state index contributed by atoms with van der Waals surface area (Å²) in [6.07, 6.45) is 0. The van der Waals surface area contributed by atoms with E-state index in [0.29, 0.717) is 10.6 Å². The van der Waals surface area contributed by atoms with Gasteiger partial charge in [0.15, 0.2) is 0 Å². The summed E-state index contributed by atoms with van der Waals surface area (Å²) in [5.74, 6) is 0. The zero-order valence-corrected chi connectivity index (χ0v) is 8.47. The highest BCUT2D eigenvalue weighted by Gasteiger charge is 2.05. The van der Waals surface area contributed by atoms with E-state index in [-0.39, 0.29) is 0 Å². The third-order valence-electron chi connectivity index (χ3n) is 2.36.